The minimum absolute atomic E-state index is 0.902. The third-order valence-corrected chi connectivity index (χ3v) is 1.77. The van der Waals surface area contributed by atoms with Crippen molar-refractivity contribution in [3.8, 4) is 0 Å². The van der Waals surface area contributed by atoms with E-state index < -0.39 is 0 Å². The molecule has 0 radical (unpaired) electrons. The maximum atomic E-state index is 4.04. The molecule has 4 nitrogen and oxygen atoms in total. The second kappa shape index (κ2) is 4.87. The molecule has 0 saturated heterocycles. The van der Waals surface area contributed by atoms with Gasteiger partial charge in [-0.2, -0.15) is 0 Å². The molecular formula is C8H16N4. The molecule has 1 rings (SSSR count). The molecule has 12 heavy (non-hydrogen) atoms. The lowest BCUT2D eigenvalue weighted by Gasteiger charge is -1.94. The van der Waals surface area contributed by atoms with E-state index in [0.717, 1.165) is 31.6 Å². The summed E-state index contributed by atoms with van der Waals surface area (Å²) in [5.41, 5.74) is 1.09. The van der Waals surface area contributed by atoms with Crippen molar-refractivity contribution in [2.45, 2.75) is 26.3 Å². The molecule has 0 amide bonds. The first-order chi connectivity index (χ1) is 5.86. The number of hydrogen-bond acceptors (Lipinski definition) is 3. The third-order valence-electron chi connectivity index (χ3n) is 1.77. The number of hydrogen-bond donors (Lipinski definition) is 1. The molecule has 0 fully saturated rings. The minimum atomic E-state index is 0.902. The first-order valence-electron chi connectivity index (χ1n) is 4.40. The number of nitrogens with zero attached hydrogens (tertiary/aromatic N) is 3. The van der Waals surface area contributed by atoms with Crippen molar-refractivity contribution < 1.29 is 0 Å². The summed E-state index contributed by atoms with van der Waals surface area (Å²) in [6, 6.07) is 0. The van der Waals surface area contributed by atoms with Crippen LogP contribution < -0.4 is 5.32 Å². The van der Waals surface area contributed by atoms with Gasteiger partial charge in [0.25, 0.3) is 0 Å². The monoisotopic (exact) mass is 168 g/mol. The highest BCUT2D eigenvalue weighted by molar-refractivity contribution is 4.92. The Labute approximate surface area is 73.0 Å². The Hall–Kier alpha value is -0.900. The highest BCUT2D eigenvalue weighted by Crippen LogP contribution is 1.96. The van der Waals surface area contributed by atoms with E-state index in [2.05, 4.69) is 22.6 Å². The lowest BCUT2D eigenvalue weighted by Crippen LogP contribution is -2.08. The highest BCUT2D eigenvalue weighted by atomic mass is 15.4. The van der Waals surface area contributed by atoms with Crippen LogP contribution in [-0.2, 0) is 13.0 Å². The van der Waals surface area contributed by atoms with Crippen molar-refractivity contribution in [1.29, 1.82) is 0 Å². The minimum Gasteiger partial charge on any atom is -0.320 e. The highest BCUT2D eigenvalue weighted by Gasteiger charge is 1.97. The van der Waals surface area contributed by atoms with Crippen LogP contribution in [0.5, 0.6) is 0 Å². The Morgan fingerprint density at radius 2 is 2.42 bits per heavy atom. The Kier molecular flexibility index (Phi) is 3.73. The van der Waals surface area contributed by atoms with Gasteiger partial charge in [-0.1, -0.05) is 5.21 Å². The van der Waals surface area contributed by atoms with Crippen molar-refractivity contribution in [3.63, 3.8) is 0 Å². The molecule has 68 valence electrons. The molecule has 0 bridgehead atoms. The molecule has 1 heterocycles. The van der Waals surface area contributed by atoms with Gasteiger partial charge in [0.15, 0.2) is 0 Å². The summed E-state index contributed by atoms with van der Waals surface area (Å²) in [5, 5.41) is 11.1. The molecule has 0 aliphatic rings. The Bertz CT molecular complexity index is 219. The van der Waals surface area contributed by atoms with Crippen LogP contribution in [0.15, 0.2) is 6.20 Å². The molecule has 0 unspecified atom stereocenters. The van der Waals surface area contributed by atoms with Crippen molar-refractivity contribution in [1.82, 2.24) is 20.3 Å². The molecule has 0 aliphatic carbocycles. The summed E-state index contributed by atoms with van der Waals surface area (Å²) >= 11 is 0. The molecule has 0 aromatic carbocycles. The van der Waals surface area contributed by atoms with Gasteiger partial charge in [-0.25, -0.2) is 0 Å². The van der Waals surface area contributed by atoms with Crippen LogP contribution in [-0.4, -0.2) is 28.6 Å². The summed E-state index contributed by atoms with van der Waals surface area (Å²) in [6.45, 7) is 4.00. The summed E-state index contributed by atoms with van der Waals surface area (Å²) in [7, 11) is 1.96. The zero-order valence-corrected chi connectivity index (χ0v) is 7.75. The van der Waals surface area contributed by atoms with Gasteiger partial charge in [0.05, 0.1) is 5.69 Å². The van der Waals surface area contributed by atoms with Crippen LogP contribution in [0.2, 0.25) is 0 Å². The average Bonchev–Trinajstić information content (AvgIpc) is 2.53. The van der Waals surface area contributed by atoms with E-state index in [4.69, 9.17) is 0 Å². The number of aryl methyl sites for hydroxylation is 2. The summed E-state index contributed by atoms with van der Waals surface area (Å²) in [6.07, 6.45) is 4.15. The van der Waals surface area contributed by atoms with Gasteiger partial charge in [-0.15, -0.1) is 5.10 Å². The van der Waals surface area contributed by atoms with E-state index in [1.807, 2.05) is 17.9 Å². The van der Waals surface area contributed by atoms with Crippen LogP contribution >= 0.6 is 0 Å². The molecule has 0 spiro atoms. The summed E-state index contributed by atoms with van der Waals surface area (Å²) in [5.74, 6) is 0. The van der Waals surface area contributed by atoms with Gasteiger partial charge in [0.2, 0.25) is 0 Å². The predicted octanol–water partition coefficient (Wildman–Crippen LogP) is 0.450. The molecule has 1 aromatic rings. The first-order valence-corrected chi connectivity index (χ1v) is 4.40. The molecule has 4 heteroatoms. The Morgan fingerprint density at radius 1 is 1.58 bits per heavy atom. The van der Waals surface area contributed by atoms with Gasteiger partial charge in [-0.3, -0.25) is 4.68 Å². The molecular weight excluding hydrogens is 152 g/mol. The second-order valence-electron chi connectivity index (χ2n) is 2.77. The van der Waals surface area contributed by atoms with E-state index in [1.54, 1.807) is 0 Å². The standard InChI is InChI=1S/C8H16N4/c1-3-12-7-8(10-11-12)5-4-6-9-2/h7,9H,3-6H2,1-2H3. The van der Waals surface area contributed by atoms with Gasteiger partial charge in [0, 0.05) is 12.7 Å². The van der Waals surface area contributed by atoms with E-state index in [9.17, 15) is 0 Å². The average molecular weight is 168 g/mol. The predicted molar refractivity (Wildman–Crippen MR) is 47.9 cm³/mol. The van der Waals surface area contributed by atoms with Gasteiger partial charge in [0.1, 0.15) is 0 Å². The lowest BCUT2D eigenvalue weighted by molar-refractivity contribution is 0.626. The Morgan fingerprint density at radius 3 is 3.00 bits per heavy atom. The molecule has 1 N–H and O–H groups in total. The zero-order valence-electron chi connectivity index (χ0n) is 7.75. The maximum Gasteiger partial charge on any atom is 0.0827 e. The van der Waals surface area contributed by atoms with Crippen LogP contribution in [0.4, 0.5) is 0 Å². The Balaban J connectivity index is 2.31. The van der Waals surface area contributed by atoms with Crippen LogP contribution in [0, 0.1) is 0 Å². The second-order valence-corrected chi connectivity index (χ2v) is 2.77. The fourth-order valence-corrected chi connectivity index (χ4v) is 1.05. The number of rotatable bonds is 5. The van der Waals surface area contributed by atoms with Gasteiger partial charge < -0.3 is 5.32 Å². The van der Waals surface area contributed by atoms with E-state index in [0.29, 0.717) is 0 Å². The third kappa shape index (κ3) is 2.62. The van der Waals surface area contributed by atoms with Crippen LogP contribution in [0.25, 0.3) is 0 Å². The van der Waals surface area contributed by atoms with E-state index in [1.165, 1.54) is 0 Å². The lowest BCUT2D eigenvalue weighted by atomic mass is 10.2. The molecule has 1 aromatic heterocycles. The normalized spacial score (nSPS) is 10.5. The van der Waals surface area contributed by atoms with Crippen LogP contribution in [0.1, 0.15) is 19.0 Å². The number of nitrogens with one attached hydrogen (secondary N) is 1. The topological polar surface area (TPSA) is 42.7 Å². The summed E-state index contributed by atoms with van der Waals surface area (Å²) < 4.78 is 1.86. The van der Waals surface area contributed by atoms with E-state index >= 15 is 0 Å². The maximum absolute atomic E-state index is 4.04. The zero-order chi connectivity index (χ0) is 8.81. The fourth-order valence-electron chi connectivity index (χ4n) is 1.05. The SMILES string of the molecule is CCn1cc(CCCNC)nn1. The molecule has 0 aliphatic heterocycles. The van der Waals surface area contributed by atoms with E-state index in [-0.39, 0.29) is 0 Å². The van der Waals surface area contributed by atoms with Gasteiger partial charge in [-0.05, 0) is 33.4 Å². The first kappa shape index (κ1) is 9.19. The summed E-state index contributed by atoms with van der Waals surface area (Å²) in [4.78, 5) is 0. The smallest absolute Gasteiger partial charge is 0.0827 e. The van der Waals surface area contributed by atoms with Crippen molar-refractivity contribution in [3.05, 3.63) is 11.9 Å². The molecule has 0 atom stereocenters. The van der Waals surface area contributed by atoms with Crippen molar-refractivity contribution in [2.24, 2.45) is 0 Å². The van der Waals surface area contributed by atoms with Crippen molar-refractivity contribution in [2.75, 3.05) is 13.6 Å². The largest absolute Gasteiger partial charge is 0.320 e. The van der Waals surface area contributed by atoms with Crippen molar-refractivity contribution >= 4 is 0 Å². The quantitative estimate of drug-likeness (QED) is 0.649. The molecule has 0 saturated carbocycles. The van der Waals surface area contributed by atoms with Crippen LogP contribution in [0.3, 0.4) is 0 Å². The van der Waals surface area contributed by atoms with Gasteiger partial charge >= 0.3 is 0 Å². The number of aromatic nitrogens is 3. The fraction of sp³-hybridized carbons (Fsp3) is 0.750.